The molecule has 19 heavy (non-hydrogen) atoms. The zero-order valence-corrected chi connectivity index (χ0v) is 10.9. The molecule has 0 aliphatic heterocycles. The van der Waals surface area contributed by atoms with Gasteiger partial charge in [0.1, 0.15) is 0 Å². The van der Waals surface area contributed by atoms with E-state index in [0.29, 0.717) is 12.1 Å². The number of nitro groups is 1. The summed E-state index contributed by atoms with van der Waals surface area (Å²) in [7, 11) is 0. The van der Waals surface area contributed by atoms with Gasteiger partial charge in [-0.25, -0.2) is 0 Å². The Morgan fingerprint density at radius 3 is 2.53 bits per heavy atom. The molecule has 0 spiro atoms. The molecule has 106 valence electrons. The molecule has 0 aliphatic rings. The summed E-state index contributed by atoms with van der Waals surface area (Å²) >= 11 is 0. The maximum absolute atomic E-state index is 12.1. The molecular formula is C12H16F2N2O3. The Balaban J connectivity index is 2.93. The fourth-order valence-electron chi connectivity index (χ4n) is 1.38. The first-order chi connectivity index (χ1) is 8.69. The molecule has 0 saturated heterocycles. The number of benzene rings is 1. The molecule has 0 aromatic heterocycles. The van der Waals surface area contributed by atoms with Crippen molar-refractivity contribution in [2.24, 2.45) is 0 Å². The molecule has 1 aromatic carbocycles. The normalized spacial score (nSPS) is 11.7. The summed E-state index contributed by atoms with van der Waals surface area (Å²) in [6.45, 7) is 3.18. The van der Waals surface area contributed by atoms with Crippen LogP contribution in [0.25, 0.3) is 0 Å². The van der Waals surface area contributed by atoms with Crippen LogP contribution in [0.4, 0.5) is 14.5 Å². The number of hydrogen-bond acceptors (Lipinski definition) is 4. The van der Waals surface area contributed by atoms with E-state index in [1.807, 2.05) is 20.8 Å². The highest BCUT2D eigenvalue weighted by Gasteiger charge is 2.19. The Morgan fingerprint density at radius 2 is 2.05 bits per heavy atom. The quantitative estimate of drug-likeness (QED) is 0.662. The van der Waals surface area contributed by atoms with E-state index < -0.39 is 23.0 Å². The predicted octanol–water partition coefficient (Wildman–Crippen LogP) is 3.08. The van der Waals surface area contributed by atoms with Gasteiger partial charge in [-0.1, -0.05) is 6.07 Å². The molecule has 1 rings (SSSR count). The second-order valence-corrected chi connectivity index (χ2v) is 5.04. The van der Waals surface area contributed by atoms with Crippen LogP contribution in [-0.2, 0) is 6.54 Å². The molecule has 0 radical (unpaired) electrons. The summed E-state index contributed by atoms with van der Waals surface area (Å²) in [6, 6.07) is 3.93. The molecule has 5 nitrogen and oxygen atoms in total. The largest absolute Gasteiger partial charge is 0.427 e. The minimum atomic E-state index is -3.09. The minimum Gasteiger partial charge on any atom is -0.427 e. The van der Waals surface area contributed by atoms with E-state index >= 15 is 0 Å². The smallest absolute Gasteiger partial charge is 0.387 e. The van der Waals surface area contributed by atoms with Gasteiger partial charge in [0.2, 0.25) is 5.75 Å². The van der Waals surface area contributed by atoms with Gasteiger partial charge in [-0.15, -0.1) is 0 Å². The number of hydrogen-bond donors (Lipinski definition) is 1. The minimum absolute atomic E-state index is 0.146. The van der Waals surface area contributed by atoms with Gasteiger partial charge in [0.25, 0.3) is 0 Å². The standard InChI is InChI=1S/C12H16F2N2O3/c1-12(2,3)15-7-8-4-5-10(19-11(13)14)9(6-8)16(17)18/h4-6,11,15H,7H2,1-3H3. The van der Waals surface area contributed by atoms with E-state index in [0.717, 1.165) is 0 Å². The predicted molar refractivity (Wildman–Crippen MR) is 66.3 cm³/mol. The van der Waals surface area contributed by atoms with Crippen LogP contribution in [0.5, 0.6) is 5.75 Å². The molecule has 1 aromatic rings. The first-order valence-electron chi connectivity index (χ1n) is 5.66. The van der Waals surface area contributed by atoms with Crippen LogP contribution < -0.4 is 10.1 Å². The summed E-state index contributed by atoms with van der Waals surface area (Å²) in [6.07, 6.45) is 0. The van der Waals surface area contributed by atoms with Crippen molar-refractivity contribution in [3.8, 4) is 5.75 Å². The lowest BCUT2D eigenvalue weighted by Crippen LogP contribution is -2.35. The third-order valence-electron chi connectivity index (χ3n) is 2.26. The third-order valence-corrected chi connectivity index (χ3v) is 2.26. The van der Waals surface area contributed by atoms with Gasteiger partial charge >= 0.3 is 12.3 Å². The number of alkyl halides is 2. The third kappa shape index (κ3) is 5.17. The Labute approximate surface area is 109 Å². The summed E-state index contributed by atoms with van der Waals surface area (Å²) in [5, 5.41) is 14.0. The zero-order chi connectivity index (χ0) is 14.6. The van der Waals surface area contributed by atoms with Crippen molar-refractivity contribution < 1.29 is 18.4 Å². The maximum atomic E-state index is 12.1. The van der Waals surface area contributed by atoms with Crippen molar-refractivity contribution in [2.45, 2.75) is 39.5 Å². The number of nitro benzene ring substituents is 1. The summed E-state index contributed by atoms with van der Waals surface area (Å²) in [5.41, 5.74) is 0.0177. The lowest BCUT2D eigenvalue weighted by molar-refractivity contribution is -0.386. The van der Waals surface area contributed by atoms with Crippen LogP contribution >= 0.6 is 0 Å². The molecule has 1 N–H and O–H groups in total. The van der Waals surface area contributed by atoms with Crippen LogP contribution in [-0.4, -0.2) is 17.1 Å². The highest BCUT2D eigenvalue weighted by Crippen LogP contribution is 2.29. The number of rotatable bonds is 5. The number of nitrogens with one attached hydrogen (secondary N) is 1. The number of halogens is 2. The summed E-state index contributed by atoms with van der Waals surface area (Å²) < 4.78 is 28.3. The SMILES string of the molecule is CC(C)(C)NCc1ccc(OC(F)F)c([N+](=O)[O-])c1. The molecular weight excluding hydrogens is 258 g/mol. The van der Waals surface area contributed by atoms with Gasteiger partial charge in [0, 0.05) is 18.2 Å². The molecule has 7 heteroatoms. The topological polar surface area (TPSA) is 64.4 Å². The zero-order valence-electron chi connectivity index (χ0n) is 10.9. The molecule has 0 fully saturated rings. The van der Waals surface area contributed by atoms with Gasteiger partial charge in [-0.2, -0.15) is 8.78 Å². The van der Waals surface area contributed by atoms with Crippen LogP contribution in [0.2, 0.25) is 0 Å². The van der Waals surface area contributed by atoms with Crippen molar-refractivity contribution in [1.82, 2.24) is 5.32 Å². The first-order valence-corrected chi connectivity index (χ1v) is 5.66. The van der Waals surface area contributed by atoms with Gasteiger partial charge < -0.3 is 10.1 Å². The lowest BCUT2D eigenvalue weighted by atomic mass is 10.1. The first kappa shape index (κ1) is 15.3. The molecule has 0 unspecified atom stereocenters. The molecule has 0 atom stereocenters. The van der Waals surface area contributed by atoms with E-state index in [-0.39, 0.29) is 5.54 Å². The lowest BCUT2D eigenvalue weighted by Gasteiger charge is -2.20. The van der Waals surface area contributed by atoms with Gasteiger partial charge in [-0.3, -0.25) is 10.1 Å². The average molecular weight is 274 g/mol. The molecule has 0 heterocycles. The highest BCUT2D eigenvalue weighted by atomic mass is 19.3. The Bertz CT molecular complexity index is 459. The van der Waals surface area contributed by atoms with Crippen LogP contribution in [0, 0.1) is 10.1 Å². The van der Waals surface area contributed by atoms with Crippen molar-refractivity contribution in [3.05, 3.63) is 33.9 Å². The Kier molecular flexibility index (Phi) is 4.77. The second-order valence-electron chi connectivity index (χ2n) is 5.04. The van der Waals surface area contributed by atoms with E-state index in [1.165, 1.54) is 18.2 Å². The Hall–Kier alpha value is -1.76. The number of ether oxygens (including phenoxy) is 1. The van der Waals surface area contributed by atoms with Crippen molar-refractivity contribution >= 4 is 5.69 Å². The molecule has 0 bridgehead atoms. The monoisotopic (exact) mass is 274 g/mol. The van der Waals surface area contributed by atoms with E-state index in [1.54, 1.807) is 0 Å². The summed E-state index contributed by atoms with van der Waals surface area (Å²) in [5.74, 6) is -0.431. The molecule has 0 saturated carbocycles. The fourth-order valence-corrected chi connectivity index (χ4v) is 1.38. The average Bonchev–Trinajstić information content (AvgIpc) is 2.25. The number of nitrogens with zero attached hydrogens (tertiary/aromatic N) is 1. The van der Waals surface area contributed by atoms with Crippen molar-refractivity contribution in [1.29, 1.82) is 0 Å². The van der Waals surface area contributed by atoms with Crippen molar-refractivity contribution in [3.63, 3.8) is 0 Å². The van der Waals surface area contributed by atoms with Crippen molar-refractivity contribution in [2.75, 3.05) is 0 Å². The van der Waals surface area contributed by atoms with E-state index in [4.69, 9.17) is 0 Å². The highest BCUT2D eigenvalue weighted by molar-refractivity contribution is 5.48. The van der Waals surface area contributed by atoms with Crippen LogP contribution in [0.3, 0.4) is 0 Å². The Morgan fingerprint density at radius 1 is 1.42 bits per heavy atom. The van der Waals surface area contributed by atoms with Gasteiger partial charge in [0.05, 0.1) is 4.92 Å². The van der Waals surface area contributed by atoms with Gasteiger partial charge in [0.15, 0.2) is 0 Å². The van der Waals surface area contributed by atoms with E-state index in [9.17, 15) is 18.9 Å². The fraction of sp³-hybridized carbons (Fsp3) is 0.500. The maximum Gasteiger partial charge on any atom is 0.387 e. The van der Waals surface area contributed by atoms with E-state index in [2.05, 4.69) is 10.1 Å². The second kappa shape index (κ2) is 5.92. The van der Waals surface area contributed by atoms with Crippen LogP contribution in [0.15, 0.2) is 18.2 Å². The van der Waals surface area contributed by atoms with Gasteiger partial charge in [-0.05, 0) is 32.4 Å². The molecule has 0 amide bonds. The molecule has 0 aliphatic carbocycles. The summed E-state index contributed by atoms with van der Waals surface area (Å²) in [4.78, 5) is 10.1. The van der Waals surface area contributed by atoms with Crippen LogP contribution in [0.1, 0.15) is 26.3 Å².